The fraction of sp³-hybridized carbons (Fsp3) is 0.727. The Kier molecular flexibility index (Phi) is 7.58. The number of carbonyl (C=O) groups excluding carboxylic acids is 2. The second-order valence-electron chi connectivity index (χ2n) is 4.25. The average molecular weight is 324 g/mol. The molecule has 0 unspecified atom stereocenters. The lowest BCUT2D eigenvalue weighted by Crippen LogP contribution is -2.26. The van der Waals surface area contributed by atoms with E-state index in [9.17, 15) is 9.59 Å². The highest BCUT2D eigenvalue weighted by Gasteiger charge is 2.17. The molecule has 0 saturated carbocycles. The van der Waals surface area contributed by atoms with Crippen LogP contribution in [0.25, 0.3) is 0 Å². The van der Waals surface area contributed by atoms with Crippen molar-refractivity contribution in [3.05, 3.63) is 0 Å². The number of nitrogens with zero attached hydrogens (tertiary/aromatic N) is 1. The Hall–Kier alpha value is -1.11. The second kappa shape index (κ2) is 8.07. The molecule has 6 nitrogen and oxygen atoms in total. The number of esters is 1. The maximum Gasteiger partial charge on any atom is 0.347 e. The molecular weight excluding hydrogens is 306 g/mol. The fourth-order valence-corrected chi connectivity index (χ4v) is 1.11. The van der Waals surface area contributed by atoms with Crippen LogP contribution in [0.1, 0.15) is 27.7 Å². The molecule has 0 aromatic rings. The number of ketones is 1. The monoisotopic (exact) mass is 323 g/mol. The Balaban J connectivity index is 4.26. The summed E-state index contributed by atoms with van der Waals surface area (Å²) in [6.45, 7) is 6.86. The molecule has 104 valence electrons. The summed E-state index contributed by atoms with van der Waals surface area (Å²) < 4.78 is 9.97. The largest absolute Gasteiger partial charge is 0.473 e. The van der Waals surface area contributed by atoms with E-state index in [1.807, 2.05) is 0 Å². The van der Waals surface area contributed by atoms with Crippen LogP contribution >= 0.6 is 15.9 Å². The standard InChI is InChI=1S/C11H18BrNO5/c1-5-16-10(8(14)6-12)13-17-7-9(15)18-11(2,3)4/h5-7H2,1-4H3/b13-10-. The van der Waals surface area contributed by atoms with E-state index >= 15 is 0 Å². The summed E-state index contributed by atoms with van der Waals surface area (Å²) in [5.74, 6) is -1.09. The summed E-state index contributed by atoms with van der Waals surface area (Å²) in [6.07, 6.45) is 0. The Bertz CT molecular complexity index is 322. The first-order valence-corrected chi connectivity index (χ1v) is 6.56. The highest BCUT2D eigenvalue weighted by atomic mass is 79.9. The van der Waals surface area contributed by atoms with E-state index in [4.69, 9.17) is 14.3 Å². The average Bonchev–Trinajstić information content (AvgIpc) is 2.24. The Morgan fingerprint density at radius 3 is 2.33 bits per heavy atom. The third kappa shape index (κ3) is 8.05. The van der Waals surface area contributed by atoms with Crippen LogP contribution in [0.2, 0.25) is 0 Å². The zero-order chi connectivity index (χ0) is 14.2. The molecule has 0 bridgehead atoms. The van der Waals surface area contributed by atoms with Crippen LogP contribution in [0.15, 0.2) is 5.16 Å². The molecule has 0 saturated heterocycles. The van der Waals surface area contributed by atoms with Crippen LogP contribution in [-0.2, 0) is 23.9 Å². The quantitative estimate of drug-likeness (QED) is 0.244. The summed E-state index contributed by atoms with van der Waals surface area (Å²) in [6, 6.07) is 0. The van der Waals surface area contributed by atoms with Gasteiger partial charge < -0.3 is 14.3 Å². The number of alkyl halides is 1. The summed E-state index contributed by atoms with van der Waals surface area (Å²) in [7, 11) is 0. The van der Waals surface area contributed by atoms with Crippen LogP contribution < -0.4 is 0 Å². The van der Waals surface area contributed by atoms with E-state index < -0.39 is 11.6 Å². The van der Waals surface area contributed by atoms with Crippen molar-refractivity contribution < 1.29 is 23.9 Å². The van der Waals surface area contributed by atoms with Gasteiger partial charge in [-0.25, -0.2) is 4.79 Å². The molecule has 0 amide bonds. The predicted octanol–water partition coefficient (Wildman–Crippen LogP) is 1.66. The van der Waals surface area contributed by atoms with E-state index in [0.29, 0.717) is 0 Å². The first kappa shape index (κ1) is 16.9. The minimum Gasteiger partial charge on any atom is -0.473 e. The van der Waals surface area contributed by atoms with E-state index in [-0.39, 0.29) is 30.2 Å². The van der Waals surface area contributed by atoms with Crippen molar-refractivity contribution in [2.45, 2.75) is 33.3 Å². The number of halogens is 1. The van der Waals surface area contributed by atoms with Gasteiger partial charge in [0.25, 0.3) is 5.90 Å². The van der Waals surface area contributed by atoms with Gasteiger partial charge in [0.15, 0.2) is 0 Å². The van der Waals surface area contributed by atoms with Gasteiger partial charge in [-0.2, -0.15) is 0 Å². The molecule has 0 aromatic carbocycles. The van der Waals surface area contributed by atoms with Crippen LogP contribution in [-0.4, -0.2) is 41.8 Å². The Morgan fingerprint density at radius 1 is 1.28 bits per heavy atom. The molecule has 0 fully saturated rings. The normalized spacial score (nSPS) is 11.9. The predicted molar refractivity (Wildman–Crippen MR) is 69.7 cm³/mol. The van der Waals surface area contributed by atoms with Gasteiger partial charge in [0, 0.05) is 0 Å². The van der Waals surface area contributed by atoms with Crippen molar-refractivity contribution in [1.29, 1.82) is 0 Å². The molecule has 0 aliphatic rings. The third-order valence-corrected chi connectivity index (χ3v) is 1.90. The number of rotatable bonds is 6. The van der Waals surface area contributed by atoms with Crippen LogP contribution in [0, 0.1) is 0 Å². The SMILES string of the molecule is CCO/C(=N\OCC(=O)OC(C)(C)C)C(=O)CBr. The topological polar surface area (TPSA) is 74.2 Å². The molecule has 0 atom stereocenters. The van der Waals surface area contributed by atoms with Crippen molar-refractivity contribution >= 4 is 33.6 Å². The molecule has 0 spiro atoms. The zero-order valence-electron chi connectivity index (χ0n) is 11.0. The molecule has 18 heavy (non-hydrogen) atoms. The lowest BCUT2D eigenvalue weighted by molar-refractivity contribution is -0.160. The van der Waals surface area contributed by atoms with Crippen molar-refractivity contribution in [3.8, 4) is 0 Å². The maximum absolute atomic E-state index is 11.3. The molecule has 0 aliphatic heterocycles. The van der Waals surface area contributed by atoms with Crippen molar-refractivity contribution in [2.75, 3.05) is 18.5 Å². The minimum atomic E-state index is -0.585. The first-order valence-electron chi connectivity index (χ1n) is 5.44. The summed E-state index contributed by atoms with van der Waals surface area (Å²) in [4.78, 5) is 27.3. The molecule has 0 heterocycles. The van der Waals surface area contributed by atoms with E-state index in [2.05, 4.69) is 21.1 Å². The number of ether oxygens (including phenoxy) is 2. The number of Topliss-reactive ketones (excluding diaryl/α,β-unsaturated/α-hetero) is 1. The van der Waals surface area contributed by atoms with Gasteiger partial charge in [-0.1, -0.05) is 15.9 Å². The van der Waals surface area contributed by atoms with Crippen molar-refractivity contribution in [2.24, 2.45) is 5.16 Å². The molecule has 0 radical (unpaired) electrons. The Morgan fingerprint density at radius 2 is 1.89 bits per heavy atom. The number of hydrogen-bond acceptors (Lipinski definition) is 6. The van der Waals surface area contributed by atoms with Gasteiger partial charge in [-0.15, -0.1) is 0 Å². The number of hydrogen-bond donors (Lipinski definition) is 0. The summed E-state index contributed by atoms with van der Waals surface area (Å²) in [5, 5.41) is 3.54. The maximum atomic E-state index is 11.3. The van der Waals surface area contributed by atoms with Crippen LogP contribution in [0.3, 0.4) is 0 Å². The van der Waals surface area contributed by atoms with E-state index in [1.165, 1.54) is 0 Å². The lowest BCUT2D eigenvalue weighted by atomic mass is 10.2. The van der Waals surface area contributed by atoms with E-state index in [1.54, 1.807) is 27.7 Å². The summed E-state index contributed by atoms with van der Waals surface area (Å²) >= 11 is 2.99. The van der Waals surface area contributed by atoms with Gasteiger partial charge >= 0.3 is 5.97 Å². The van der Waals surface area contributed by atoms with Crippen LogP contribution in [0.4, 0.5) is 0 Å². The first-order chi connectivity index (χ1) is 8.30. The lowest BCUT2D eigenvalue weighted by Gasteiger charge is -2.18. The van der Waals surface area contributed by atoms with Crippen LogP contribution in [0.5, 0.6) is 0 Å². The molecule has 0 rings (SSSR count). The van der Waals surface area contributed by atoms with Crippen molar-refractivity contribution in [3.63, 3.8) is 0 Å². The molecular formula is C11H18BrNO5. The van der Waals surface area contributed by atoms with Gasteiger partial charge in [0.2, 0.25) is 12.4 Å². The smallest absolute Gasteiger partial charge is 0.347 e. The highest BCUT2D eigenvalue weighted by molar-refractivity contribution is 9.09. The van der Waals surface area contributed by atoms with Gasteiger partial charge in [-0.05, 0) is 32.9 Å². The van der Waals surface area contributed by atoms with Crippen molar-refractivity contribution in [1.82, 2.24) is 0 Å². The molecule has 0 N–H and O–H groups in total. The van der Waals surface area contributed by atoms with Gasteiger partial charge in [-0.3, -0.25) is 4.79 Å². The minimum absolute atomic E-state index is 0.0711. The van der Waals surface area contributed by atoms with E-state index in [0.717, 1.165) is 0 Å². The van der Waals surface area contributed by atoms with Gasteiger partial charge in [0.1, 0.15) is 5.60 Å². The summed E-state index contributed by atoms with van der Waals surface area (Å²) in [5.41, 5.74) is -0.585. The number of carbonyl (C=O) groups is 2. The zero-order valence-corrected chi connectivity index (χ0v) is 12.6. The number of oxime groups is 1. The fourth-order valence-electron chi connectivity index (χ4n) is 0.866. The second-order valence-corrected chi connectivity index (χ2v) is 4.81. The third-order valence-electron chi connectivity index (χ3n) is 1.39. The highest BCUT2D eigenvalue weighted by Crippen LogP contribution is 2.06. The Labute approximate surface area is 115 Å². The molecule has 0 aromatic heterocycles. The molecule has 7 heteroatoms. The molecule has 0 aliphatic carbocycles. The van der Waals surface area contributed by atoms with Gasteiger partial charge in [0.05, 0.1) is 11.9 Å².